The van der Waals surface area contributed by atoms with E-state index in [1.807, 2.05) is 0 Å². The van der Waals surface area contributed by atoms with Crippen molar-refractivity contribution in [3.63, 3.8) is 0 Å². The van der Waals surface area contributed by atoms with Gasteiger partial charge in [0.15, 0.2) is 5.82 Å². The number of hydrogen-bond donors (Lipinski definition) is 1. The van der Waals surface area contributed by atoms with E-state index in [-0.39, 0.29) is 11.8 Å². The normalized spacial score (nSPS) is 10.4. The van der Waals surface area contributed by atoms with Gasteiger partial charge in [0.2, 0.25) is 5.95 Å². The van der Waals surface area contributed by atoms with Gasteiger partial charge in [0, 0.05) is 7.05 Å². The van der Waals surface area contributed by atoms with Gasteiger partial charge in [-0.1, -0.05) is 12.1 Å². The fourth-order valence-corrected chi connectivity index (χ4v) is 1.22. The van der Waals surface area contributed by atoms with E-state index in [1.54, 1.807) is 29.8 Å². The Hall–Kier alpha value is -1.91. The molecule has 0 saturated carbocycles. The van der Waals surface area contributed by atoms with Gasteiger partial charge in [-0.15, -0.1) is 10.2 Å². The Bertz CT molecular complexity index is 464. The van der Waals surface area contributed by atoms with E-state index in [4.69, 9.17) is 5.73 Å². The number of nitrogens with zero attached hydrogens (tertiary/aromatic N) is 3. The van der Waals surface area contributed by atoms with Crippen LogP contribution in [0.15, 0.2) is 24.3 Å². The molecule has 0 amide bonds. The molecule has 0 bridgehead atoms. The van der Waals surface area contributed by atoms with Gasteiger partial charge >= 0.3 is 0 Å². The molecule has 4 nitrogen and oxygen atoms in total. The molecule has 0 unspecified atom stereocenters. The number of aromatic nitrogens is 3. The lowest BCUT2D eigenvalue weighted by Gasteiger charge is -2.01. The molecule has 0 fully saturated rings. The van der Waals surface area contributed by atoms with Gasteiger partial charge in [-0.3, -0.25) is 4.57 Å². The second-order valence-electron chi connectivity index (χ2n) is 2.92. The molecule has 14 heavy (non-hydrogen) atoms. The zero-order valence-corrected chi connectivity index (χ0v) is 7.61. The topological polar surface area (TPSA) is 56.7 Å². The highest BCUT2D eigenvalue weighted by Crippen LogP contribution is 2.20. The molecule has 0 aliphatic rings. The average Bonchev–Trinajstić information content (AvgIpc) is 2.49. The smallest absolute Gasteiger partial charge is 0.222 e. The highest BCUT2D eigenvalue weighted by molar-refractivity contribution is 5.57. The van der Waals surface area contributed by atoms with E-state index in [0.29, 0.717) is 11.4 Å². The number of rotatable bonds is 1. The number of anilines is 1. The maximum Gasteiger partial charge on any atom is 0.222 e. The minimum atomic E-state index is -0.331. The van der Waals surface area contributed by atoms with E-state index < -0.39 is 0 Å². The summed E-state index contributed by atoms with van der Waals surface area (Å²) < 4.78 is 14.9. The Kier molecular flexibility index (Phi) is 1.92. The highest BCUT2D eigenvalue weighted by atomic mass is 19.1. The molecule has 1 aromatic heterocycles. The molecule has 2 rings (SSSR count). The van der Waals surface area contributed by atoms with Crippen molar-refractivity contribution in [1.29, 1.82) is 0 Å². The Morgan fingerprint density at radius 1 is 1.29 bits per heavy atom. The van der Waals surface area contributed by atoms with Crippen LogP contribution in [-0.4, -0.2) is 14.8 Å². The number of hydrogen-bond acceptors (Lipinski definition) is 3. The minimum Gasteiger partial charge on any atom is -0.368 e. The van der Waals surface area contributed by atoms with Gasteiger partial charge in [0.25, 0.3) is 0 Å². The zero-order valence-electron chi connectivity index (χ0n) is 7.61. The number of nitrogen functional groups attached to an aromatic ring is 1. The number of halogens is 1. The van der Waals surface area contributed by atoms with Gasteiger partial charge in [0.1, 0.15) is 5.82 Å². The molecule has 0 radical (unpaired) electrons. The summed E-state index contributed by atoms with van der Waals surface area (Å²) in [4.78, 5) is 0. The highest BCUT2D eigenvalue weighted by Gasteiger charge is 2.11. The van der Waals surface area contributed by atoms with E-state index in [9.17, 15) is 4.39 Å². The van der Waals surface area contributed by atoms with Gasteiger partial charge in [-0.05, 0) is 12.1 Å². The van der Waals surface area contributed by atoms with Crippen LogP contribution in [0, 0.1) is 5.82 Å². The Morgan fingerprint density at radius 2 is 2.00 bits per heavy atom. The van der Waals surface area contributed by atoms with Crippen molar-refractivity contribution in [1.82, 2.24) is 14.8 Å². The summed E-state index contributed by atoms with van der Waals surface area (Å²) in [6.07, 6.45) is 0. The third-order valence-corrected chi connectivity index (χ3v) is 2.02. The summed E-state index contributed by atoms with van der Waals surface area (Å²) in [6, 6.07) is 6.38. The first-order valence-electron chi connectivity index (χ1n) is 4.10. The van der Waals surface area contributed by atoms with Crippen LogP contribution in [0.5, 0.6) is 0 Å². The van der Waals surface area contributed by atoms with Crippen molar-refractivity contribution in [2.75, 3.05) is 5.73 Å². The van der Waals surface area contributed by atoms with Gasteiger partial charge in [0.05, 0.1) is 5.56 Å². The lowest BCUT2D eigenvalue weighted by molar-refractivity contribution is 0.629. The average molecular weight is 192 g/mol. The van der Waals surface area contributed by atoms with Crippen LogP contribution in [0.4, 0.5) is 10.3 Å². The molecule has 0 aliphatic heterocycles. The molecule has 2 N–H and O–H groups in total. The molecular weight excluding hydrogens is 183 g/mol. The molecule has 72 valence electrons. The molecule has 0 aliphatic carbocycles. The van der Waals surface area contributed by atoms with E-state index in [1.165, 1.54) is 6.07 Å². The summed E-state index contributed by atoms with van der Waals surface area (Å²) in [6.45, 7) is 0. The van der Waals surface area contributed by atoms with Crippen LogP contribution >= 0.6 is 0 Å². The molecule has 2 aromatic rings. The standard InChI is InChI=1S/C9H9FN4/c1-14-8(12-13-9(14)11)6-4-2-3-5-7(6)10/h2-5H,1H3,(H2,11,13). The zero-order chi connectivity index (χ0) is 10.1. The van der Waals surface area contributed by atoms with Crippen LogP contribution in [-0.2, 0) is 7.05 Å². The van der Waals surface area contributed by atoms with Crippen LogP contribution in [0.2, 0.25) is 0 Å². The first-order chi connectivity index (χ1) is 6.70. The lowest BCUT2D eigenvalue weighted by atomic mass is 10.2. The lowest BCUT2D eigenvalue weighted by Crippen LogP contribution is -1.99. The van der Waals surface area contributed by atoms with Crippen molar-refractivity contribution in [2.24, 2.45) is 7.05 Å². The van der Waals surface area contributed by atoms with Crippen molar-refractivity contribution < 1.29 is 4.39 Å². The second-order valence-corrected chi connectivity index (χ2v) is 2.92. The molecule has 0 spiro atoms. The van der Waals surface area contributed by atoms with Gasteiger partial charge < -0.3 is 5.73 Å². The molecule has 1 heterocycles. The Morgan fingerprint density at radius 3 is 2.57 bits per heavy atom. The predicted molar refractivity (Wildman–Crippen MR) is 50.8 cm³/mol. The van der Waals surface area contributed by atoms with E-state index in [0.717, 1.165) is 0 Å². The first-order valence-corrected chi connectivity index (χ1v) is 4.10. The maximum absolute atomic E-state index is 13.3. The van der Waals surface area contributed by atoms with Crippen LogP contribution in [0.25, 0.3) is 11.4 Å². The van der Waals surface area contributed by atoms with Crippen LogP contribution < -0.4 is 5.73 Å². The Labute approximate surface area is 80.2 Å². The third kappa shape index (κ3) is 1.22. The Balaban J connectivity index is 2.60. The summed E-state index contributed by atoms with van der Waals surface area (Å²) in [5.41, 5.74) is 5.90. The molecule has 0 atom stereocenters. The number of nitrogens with two attached hydrogens (primary N) is 1. The second kappa shape index (κ2) is 3.10. The molecule has 5 heteroatoms. The van der Waals surface area contributed by atoms with Crippen molar-refractivity contribution in [2.45, 2.75) is 0 Å². The van der Waals surface area contributed by atoms with E-state index in [2.05, 4.69) is 10.2 Å². The molecule has 0 saturated heterocycles. The van der Waals surface area contributed by atoms with Crippen molar-refractivity contribution >= 4 is 5.95 Å². The fourth-order valence-electron chi connectivity index (χ4n) is 1.22. The fraction of sp³-hybridized carbons (Fsp3) is 0.111. The van der Waals surface area contributed by atoms with Crippen molar-refractivity contribution in [3.8, 4) is 11.4 Å². The summed E-state index contributed by atoms with van der Waals surface area (Å²) >= 11 is 0. The largest absolute Gasteiger partial charge is 0.368 e. The molecular formula is C9H9FN4. The van der Waals surface area contributed by atoms with Crippen LogP contribution in [0.1, 0.15) is 0 Å². The minimum absolute atomic E-state index is 0.267. The predicted octanol–water partition coefficient (Wildman–Crippen LogP) is 1.20. The van der Waals surface area contributed by atoms with Crippen molar-refractivity contribution in [3.05, 3.63) is 30.1 Å². The monoisotopic (exact) mass is 192 g/mol. The van der Waals surface area contributed by atoms with Gasteiger partial charge in [-0.25, -0.2) is 4.39 Å². The SMILES string of the molecule is Cn1c(N)nnc1-c1ccccc1F. The van der Waals surface area contributed by atoms with E-state index >= 15 is 0 Å². The summed E-state index contributed by atoms with van der Waals surface area (Å²) in [5.74, 6) is 0.367. The summed E-state index contributed by atoms with van der Waals surface area (Å²) in [5, 5.41) is 7.45. The summed E-state index contributed by atoms with van der Waals surface area (Å²) in [7, 11) is 1.69. The molecule has 1 aromatic carbocycles. The first kappa shape index (κ1) is 8.68. The third-order valence-electron chi connectivity index (χ3n) is 2.02. The maximum atomic E-state index is 13.3. The number of benzene rings is 1. The quantitative estimate of drug-likeness (QED) is 0.738. The van der Waals surface area contributed by atoms with Gasteiger partial charge in [-0.2, -0.15) is 0 Å². The van der Waals surface area contributed by atoms with Crippen LogP contribution in [0.3, 0.4) is 0 Å².